The van der Waals surface area contributed by atoms with Gasteiger partial charge >= 0.3 is 0 Å². The van der Waals surface area contributed by atoms with Crippen LogP contribution in [0.5, 0.6) is 0 Å². The molecule has 2 aromatic rings. The summed E-state index contributed by atoms with van der Waals surface area (Å²) in [5.74, 6) is 0.113. The molecule has 0 radical (unpaired) electrons. The summed E-state index contributed by atoms with van der Waals surface area (Å²) in [6.07, 6.45) is 3.79. The van der Waals surface area contributed by atoms with Gasteiger partial charge in [-0.3, -0.25) is 4.79 Å². The van der Waals surface area contributed by atoms with E-state index in [2.05, 4.69) is 10.5 Å². The van der Waals surface area contributed by atoms with Crippen LogP contribution < -0.4 is 5.43 Å². The number of nitrogens with one attached hydrogen (secondary N) is 1. The van der Waals surface area contributed by atoms with Crippen LogP contribution in [0.1, 0.15) is 19.4 Å². The summed E-state index contributed by atoms with van der Waals surface area (Å²) >= 11 is 0. The van der Waals surface area contributed by atoms with E-state index >= 15 is 0 Å². The van der Waals surface area contributed by atoms with Gasteiger partial charge in [-0.1, -0.05) is 18.2 Å². The zero-order chi connectivity index (χ0) is 15.0. The van der Waals surface area contributed by atoms with Crippen LogP contribution in [0.25, 0.3) is 17.0 Å². The SMILES string of the molecule is CC(C)OC1=NNC(=O)/C1=C\c1cn(C)c2ccccc12. The van der Waals surface area contributed by atoms with E-state index in [-0.39, 0.29) is 12.0 Å². The first-order chi connectivity index (χ1) is 10.1. The first-order valence-electron chi connectivity index (χ1n) is 6.87. The van der Waals surface area contributed by atoms with Crippen molar-refractivity contribution in [2.45, 2.75) is 20.0 Å². The van der Waals surface area contributed by atoms with E-state index in [1.54, 1.807) is 0 Å². The number of aryl methyl sites for hydroxylation is 1. The first kappa shape index (κ1) is 13.4. The summed E-state index contributed by atoms with van der Waals surface area (Å²) < 4.78 is 7.61. The van der Waals surface area contributed by atoms with Crippen LogP contribution in [0.15, 0.2) is 41.1 Å². The molecule has 5 nitrogen and oxygen atoms in total. The monoisotopic (exact) mass is 283 g/mol. The minimum absolute atomic E-state index is 0.0348. The van der Waals surface area contributed by atoms with Crippen molar-refractivity contribution in [2.75, 3.05) is 0 Å². The molecule has 0 unspecified atom stereocenters. The fourth-order valence-electron chi connectivity index (χ4n) is 2.40. The molecule has 1 aromatic carbocycles. The molecule has 0 spiro atoms. The van der Waals surface area contributed by atoms with Gasteiger partial charge in [0, 0.05) is 29.7 Å². The molecule has 0 saturated carbocycles. The Morgan fingerprint density at radius 2 is 2.10 bits per heavy atom. The normalized spacial score (nSPS) is 16.7. The number of carbonyl (C=O) groups excluding carboxylic acids is 1. The van der Waals surface area contributed by atoms with Gasteiger partial charge in [-0.15, -0.1) is 5.10 Å². The highest BCUT2D eigenvalue weighted by Gasteiger charge is 2.25. The van der Waals surface area contributed by atoms with Gasteiger partial charge in [0.05, 0.1) is 6.10 Å². The molecule has 1 N–H and O–H groups in total. The van der Waals surface area contributed by atoms with Crippen molar-refractivity contribution in [3.05, 3.63) is 41.6 Å². The number of fused-ring (bicyclic) bond motifs is 1. The van der Waals surface area contributed by atoms with Crippen molar-refractivity contribution in [1.82, 2.24) is 9.99 Å². The molecule has 0 bridgehead atoms. The number of hydrazone groups is 1. The van der Waals surface area contributed by atoms with Crippen molar-refractivity contribution in [2.24, 2.45) is 12.1 Å². The molecule has 2 heterocycles. The predicted molar refractivity (Wildman–Crippen MR) is 82.7 cm³/mol. The molecule has 0 aliphatic carbocycles. The fraction of sp³-hybridized carbons (Fsp3) is 0.250. The van der Waals surface area contributed by atoms with Gasteiger partial charge in [0.15, 0.2) is 0 Å². The summed E-state index contributed by atoms with van der Waals surface area (Å²) in [5, 5.41) is 5.03. The number of amides is 1. The van der Waals surface area contributed by atoms with Gasteiger partial charge in [0.2, 0.25) is 5.90 Å². The van der Waals surface area contributed by atoms with Gasteiger partial charge in [-0.2, -0.15) is 0 Å². The van der Waals surface area contributed by atoms with Crippen LogP contribution in [-0.4, -0.2) is 22.5 Å². The van der Waals surface area contributed by atoms with Crippen LogP contribution in [0, 0.1) is 0 Å². The van der Waals surface area contributed by atoms with Crippen molar-refractivity contribution in [3.8, 4) is 0 Å². The molecule has 0 saturated heterocycles. The molecule has 3 rings (SSSR count). The van der Waals surface area contributed by atoms with Gasteiger partial charge in [-0.25, -0.2) is 5.43 Å². The minimum Gasteiger partial charge on any atom is -0.473 e. The maximum atomic E-state index is 11.9. The first-order valence-corrected chi connectivity index (χ1v) is 6.87. The lowest BCUT2D eigenvalue weighted by Crippen LogP contribution is -2.16. The van der Waals surface area contributed by atoms with Crippen LogP contribution in [0.3, 0.4) is 0 Å². The van der Waals surface area contributed by atoms with E-state index in [9.17, 15) is 4.79 Å². The average Bonchev–Trinajstić information content (AvgIpc) is 2.94. The minimum atomic E-state index is -0.237. The number of carbonyl (C=O) groups is 1. The Kier molecular flexibility index (Phi) is 3.25. The quantitative estimate of drug-likeness (QED) is 0.861. The molecular weight excluding hydrogens is 266 g/mol. The van der Waals surface area contributed by atoms with E-state index < -0.39 is 0 Å². The van der Waals surface area contributed by atoms with Crippen molar-refractivity contribution >= 4 is 28.8 Å². The van der Waals surface area contributed by atoms with Gasteiger partial charge in [0.1, 0.15) is 5.57 Å². The van der Waals surface area contributed by atoms with Gasteiger partial charge in [0.25, 0.3) is 5.91 Å². The Bertz CT molecular complexity index is 769. The number of hydrogen-bond acceptors (Lipinski definition) is 3. The third-order valence-electron chi connectivity index (χ3n) is 3.31. The highest BCUT2D eigenvalue weighted by atomic mass is 16.5. The zero-order valence-corrected chi connectivity index (χ0v) is 12.3. The van der Waals surface area contributed by atoms with Crippen molar-refractivity contribution in [1.29, 1.82) is 0 Å². The number of benzene rings is 1. The lowest BCUT2D eigenvalue weighted by molar-refractivity contribution is -0.116. The Morgan fingerprint density at radius 1 is 1.33 bits per heavy atom. The molecule has 1 aromatic heterocycles. The average molecular weight is 283 g/mol. The highest BCUT2D eigenvalue weighted by Crippen LogP contribution is 2.24. The number of rotatable bonds is 2. The summed E-state index contributed by atoms with van der Waals surface area (Å²) in [7, 11) is 1.98. The summed E-state index contributed by atoms with van der Waals surface area (Å²) in [4.78, 5) is 11.9. The van der Waals surface area contributed by atoms with E-state index in [4.69, 9.17) is 4.74 Å². The second-order valence-corrected chi connectivity index (χ2v) is 5.29. The van der Waals surface area contributed by atoms with Crippen LogP contribution in [0.4, 0.5) is 0 Å². The number of ether oxygens (including phenoxy) is 1. The van der Waals surface area contributed by atoms with Crippen molar-refractivity contribution in [3.63, 3.8) is 0 Å². The van der Waals surface area contributed by atoms with Crippen LogP contribution in [0.2, 0.25) is 0 Å². The molecule has 1 aliphatic rings. The molecule has 1 aliphatic heterocycles. The van der Waals surface area contributed by atoms with Gasteiger partial charge in [-0.05, 0) is 26.0 Å². The Labute approximate surface area is 122 Å². The maximum absolute atomic E-state index is 11.9. The van der Waals surface area contributed by atoms with E-state index in [1.165, 1.54) is 0 Å². The fourth-order valence-corrected chi connectivity index (χ4v) is 2.40. The molecule has 108 valence electrons. The molecular formula is C16H17N3O2. The second-order valence-electron chi connectivity index (χ2n) is 5.29. The third-order valence-corrected chi connectivity index (χ3v) is 3.31. The largest absolute Gasteiger partial charge is 0.473 e. The topological polar surface area (TPSA) is 55.6 Å². The Morgan fingerprint density at radius 3 is 2.86 bits per heavy atom. The predicted octanol–water partition coefficient (Wildman–Crippen LogP) is 2.43. The van der Waals surface area contributed by atoms with Crippen molar-refractivity contribution < 1.29 is 9.53 Å². The van der Waals surface area contributed by atoms with E-state index in [0.717, 1.165) is 16.5 Å². The standard InChI is InChI=1S/C16H17N3O2/c1-10(2)21-16-13(15(20)17-18-16)8-11-9-19(3)14-7-5-4-6-12(11)14/h4-10H,1-3H3,(H,17,20)/b13-8+. The van der Waals surface area contributed by atoms with Crippen LogP contribution in [-0.2, 0) is 16.6 Å². The molecule has 21 heavy (non-hydrogen) atoms. The number of hydrogen-bond donors (Lipinski definition) is 1. The number of aromatic nitrogens is 1. The van der Waals surface area contributed by atoms with E-state index in [1.807, 2.05) is 62.0 Å². The lowest BCUT2D eigenvalue weighted by atomic mass is 10.1. The highest BCUT2D eigenvalue weighted by molar-refractivity contribution is 6.25. The molecule has 1 amide bonds. The number of nitrogens with zero attached hydrogens (tertiary/aromatic N) is 2. The smallest absolute Gasteiger partial charge is 0.277 e. The third kappa shape index (κ3) is 2.42. The van der Waals surface area contributed by atoms with E-state index in [0.29, 0.717) is 11.5 Å². The summed E-state index contributed by atoms with van der Waals surface area (Å²) in [5.41, 5.74) is 5.00. The Hall–Kier alpha value is -2.56. The summed E-state index contributed by atoms with van der Waals surface area (Å²) in [6.45, 7) is 3.81. The second kappa shape index (κ2) is 5.09. The number of para-hydroxylation sites is 1. The molecule has 0 fully saturated rings. The molecule has 0 atom stereocenters. The zero-order valence-electron chi connectivity index (χ0n) is 12.3. The Balaban J connectivity index is 2.06. The summed E-state index contributed by atoms with van der Waals surface area (Å²) in [6, 6.07) is 8.06. The van der Waals surface area contributed by atoms with Crippen LogP contribution >= 0.6 is 0 Å². The maximum Gasteiger partial charge on any atom is 0.277 e. The molecule has 5 heteroatoms. The lowest BCUT2D eigenvalue weighted by Gasteiger charge is -2.08. The van der Waals surface area contributed by atoms with Gasteiger partial charge < -0.3 is 9.30 Å².